The highest BCUT2D eigenvalue weighted by atomic mass is 19.4. The van der Waals surface area contributed by atoms with Crippen LogP contribution in [0.1, 0.15) is 21.5 Å². The molecule has 1 saturated heterocycles. The summed E-state index contributed by atoms with van der Waals surface area (Å²) in [5, 5.41) is 8.91. The fraction of sp³-hybridized carbons (Fsp3) is 0.385. The summed E-state index contributed by atoms with van der Waals surface area (Å²) < 4.78 is 81.4. The molecule has 132 valence electrons. The van der Waals surface area contributed by atoms with Crippen LogP contribution < -0.4 is 0 Å². The van der Waals surface area contributed by atoms with Crippen LogP contribution in [-0.4, -0.2) is 41.3 Å². The Morgan fingerprint density at radius 3 is 1.96 bits per heavy atom. The quantitative estimate of drug-likeness (QED) is 0.827. The highest BCUT2D eigenvalue weighted by molar-refractivity contribution is 5.97. The summed E-state index contributed by atoms with van der Waals surface area (Å²) in [7, 11) is 0. The lowest BCUT2D eigenvalue weighted by atomic mass is 10.0. The van der Waals surface area contributed by atoms with Crippen LogP contribution in [0.4, 0.5) is 26.3 Å². The van der Waals surface area contributed by atoms with Crippen LogP contribution in [0.2, 0.25) is 0 Å². The topological polar surface area (TPSA) is 66.8 Å². The third-order valence-electron chi connectivity index (χ3n) is 3.26. The number of halogens is 6. The summed E-state index contributed by atoms with van der Waals surface area (Å²) in [5.41, 5.74) is -4.24. The van der Waals surface area contributed by atoms with Crippen molar-refractivity contribution >= 4 is 11.9 Å². The molecule has 0 spiro atoms. The Bertz CT molecular complexity index is 637. The molecule has 0 unspecified atom stereocenters. The minimum Gasteiger partial charge on any atom is -0.480 e. The Morgan fingerprint density at radius 2 is 1.54 bits per heavy atom. The van der Waals surface area contributed by atoms with E-state index >= 15 is 0 Å². The molecule has 1 aliphatic rings. The molecule has 0 saturated carbocycles. The molecule has 1 aliphatic heterocycles. The molecule has 1 fully saturated rings. The van der Waals surface area contributed by atoms with Gasteiger partial charge in [-0.2, -0.15) is 26.3 Å². The second-order valence-corrected chi connectivity index (χ2v) is 4.92. The van der Waals surface area contributed by atoms with Gasteiger partial charge in [0.1, 0.15) is 6.73 Å². The molecule has 1 N–H and O–H groups in total. The number of alkyl halides is 6. The normalized spacial score (nSPS) is 18.8. The maximum atomic E-state index is 12.8. The molecule has 2 rings (SSSR count). The number of benzene rings is 1. The highest BCUT2D eigenvalue weighted by Gasteiger charge is 2.40. The number of aliphatic carboxylic acids is 1. The van der Waals surface area contributed by atoms with Crippen molar-refractivity contribution in [2.45, 2.75) is 18.4 Å². The average Bonchev–Trinajstić information content (AvgIpc) is 2.93. The largest absolute Gasteiger partial charge is 0.480 e. The Labute approximate surface area is 130 Å². The summed E-state index contributed by atoms with van der Waals surface area (Å²) in [4.78, 5) is 23.7. The van der Waals surface area contributed by atoms with Gasteiger partial charge in [0.2, 0.25) is 0 Å². The molecule has 1 amide bonds. The zero-order valence-corrected chi connectivity index (χ0v) is 11.6. The van der Waals surface area contributed by atoms with Crippen molar-refractivity contribution in [1.82, 2.24) is 4.90 Å². The van der Waals surface area contributed by atoms with E-state index in [1.807, 2.05) is 0 Å². The molecule has 0 aliphatic carbocycles. The summed E-state index contributed by atoms with van der Waals surface area (Å²) in [6, 6.07) is -1.11. The van der Waals surface area contributed by atoms with Crippen molar-refractivity contribution < 1.29 is 45.8 Å². The van der Waals surface area contributed by atoms with Crippen molar-refractivity contribution in [3.63, 3.8) is 0 Å². The number of ether oxygens (including phenoxy) is 1. The van der Waals surface area contributed by atoms with E-state index in [1.165, 1.54) is 0 Å². The third-order valence-corrected chi connectivity index (χ3v) is 3.26. The van der Waals surface area contributed by atoms with Crippen LogP contribution in [-0.2, 0) is 21.9 Å². The second kappa shape index (κ2) is 5.96. The first-order valence-electron chi connectivity index (χ1n) is 6.32. The summed E-state index contributed by atoms with van der Waals surface area (Å²) >= 11 is 0. The van der Waals surface area contributed by atoms with Gasteiger partial charge >= 0.3 is 18.3 Å². The number of hydrogen-bond donors (Lipinski definition) is 1. The first-order chi connectivity index (χ1) is 10.9. The Balaban J connectivity index is 2.49. The van der Waals surface area contributed by atoms with E-state index in [1.54, 1.807) is 0 Å². The monoisotopic (exact) mass is 357 g/mol. The number of amides is 1. The molecular formula is C13H9F6NO4. The van der Waals surface area contributed by atoms with E-state index in [0.717, 1.165) is 0 Å². The minimum absolute atomic E-state index is 0.119. The van der Waals surface area contributed by atoms with E-state index < -0.39 is 60.3 Å². The molecule has 1 aromatic carbocycles. The number of carboxylic acid groups (broad SMARTS) is 1. The van der Waals surface area contributed by atoms with Crippen LogP contribution >= 0.6 is 0 Å². The van der Waals surface area contributed by atoms with E-state index in [2.05, 4.69) is 0 Å². The Kier molecular flexibility index (Phi) is 4.48. The summed E-state index contributed by atoms with van der Waals surface area (Å²) in [5.74, 6) is -2.78. The van der Waals surface area contributed by atoms with Gasteiger partial charge in [-0.05, 0) is 18.2 Å². The van der Waals surface area contributed by atoms with Gasteiger partial charge in [0.25, 0.3) is 5.91 Å². The molecule has 11 heteroatoms. The van der Waals surface area contributed by atoms with Gasteiger partial charge in [-0.15, -0.1) is 0 Å². The first kappa shape index (κ1) is 18.0. The number of rotatable bonds is 2. The number of carbonyl (C=O) groups is 2. The minimum atomic E-state index is -5.11. The predicted octanol–water partition coefficient (Wildman–Crippen LogP) is 2.61. The zero-order chi connectivity index (χ0) is 18.3. The van der Waals surface area contributed by atoms with Gasteiger partial charge in [0.05, 0.1) is 17.7 Å². The van der Waals surface area contributed by atoms with Gasteiger partial charge in [-0.1, -0.05) is 0 Å². The maximum Gasteiger partial charge on any atom is 0.416 e. The van der Waals surface area contributed by atoms with Gasteiger partial charge in [0, 0.05) is 5.56 Å². The highest BCUT2D eigenvalue weighted by Crippen LogP contribution is 2.36. The fourth-order valence-electron chi connectivity index (χ4n) is 2.09. The lowest BCUT2D eigenvalue weighted by Crippen LogP contribution is -2.41. The van der Waals surface area contributed by atoms with E-state index in [4.69, 9.17) is 9.84 Å². The smallest absolute Gasteiger partial charge is 0.416 e. The van der Waals surface area contributed by atoms with Gasteiger partial charge in [-0.25, -0.2) is 4.79 Å². The maximum absolute atomic E-state index is 12.8. The summed E-state index contributed by atoms with van der Waals surface area (Å²) in [6.07, 6.45) is -10.2. The molecule has 0 aromatic heterocycles. The van der Waals surface area contributed by atoms with E-state index in [-0.39, 0.29) is 18.2 Å². The van der Waals surface area contributed by atoms with Gasteiger partial charge in [-0.3, -0.25) is 9.69 Å². The van der Waals surface area contributed by atoms with Crippen LogP contribution in [0.25, 0.3) is 0 Å². The van der Waals surface area contributed by atoms with E-state index in [9.17, 15) is 35.9 Å². The van der Waals surface area contributed by atoms with Crippen LogP contribution in [0.5, 0.6) is 0 Å². The van der Waals surface area contributed by atoms with Gasteiger partial charge in [0.15, 0.2) is 6.04 Å². The molecule has 24 heavy (non-hydrogen) atoms. The molecular weight excluding hydrogens is 348 g/mol. The molecule has 1 heterocycles. The Morgan fingerprint density at radius 1 is 1.04 bits per heavy atom. The summed E-state index contributed by atoms with van der Waals surface area (Å²) in [6.45, 7) is -0.959. The van der Waals surface area contributed by atoms with Crippen molar-refractivity contribution in [2.75, 3.05) is 13.3 Å². The Hall–Kier alpha value is -2.30. The number of hydrogen-bond acceptors (Lipinski definition) is 3. The number of carboxylic acids is 1. The first-order valence-corrected chi connectivity index (χ1v) is 6.32. The van der Waals surface area contributed by atoms with Crippen LogP contribution in [0.15, 0.2) is 18.2 Å². The number of nitrogens with zero attached hydrogens (tertiary/aromatic N) is 1. The SMILES string of the molecule is O=C(O)[C@@H]1COCN1C(=O)c1cc(C(F)(F)F)cc(C(F)(F)F)c1. The number of carbonyl (C=O) groups excluding carboxylic acids is 1. The molecule has 1 aromatic rings. The van der Waals surface area contributed by atoms with Crippen molar-refractivity contribution in [3.05, 3.63) is 34.9 Å². The van der Waals surface area contributed by atoms with Crippen molar-refractivity contribution in [2.24, 2.45) is 0 Å². The molecule has 1 atom stereocenters. The average molecular weight is 357 g/mol. The zero-order valence-electron chi connectivity index (χ0n) is 11.6. The van der Waals surface area contributed by atoms with Crippen LogP contribution in [0.3, 0.4) is 0 Å². The van der Waals surface area contributed by atoms with Crippen molar-refractivity contribution in [3.8, 4) is 0 Å². The lowest BCUT2D eigenvalue weighted by Gasteiger charge is -2.21. The third kappa shape index (κ3) is 3.61. The van der Waals surface area contributed by atoms with Crippen LogP contribution in [0, 0.1) is 0 Å². The second-order valence-electron chi connectivity index (χ2n) is 4.92. The lowest BCUT2D eigenvalue weighted by molar-refractivity contribution is -0.143. The fourth-order valence-corrected chi connectivity index (χ4v) is 2.09. The molecule has 5 nitrogen and oxygen atoms in total. The molecule has 0 radical (unpaired) electrons. The molecule has 0 bridgehead atoms. The van der Waals surface area contributed by atoms with Crippen molar-refractivity contribution in [1.29, 1.82) is 0 Å². The van der Waals surface area contributed by atoms with E-state index in [0.29, 0.717) is 4.90 Å². The van der Waals surface area contributed by atoms with Gasteiger partial charge < -0.3 is 9.84 Å². The standard InChI is InChI=1S/C13H9F6NO4/c14-12(15,16)7-1-6(2-8(3-7)13(17,18)19)10(21)20-5-24-4-9(20)11(22)23/h1-3,9H,4-5H2,(H,22,23)/t9-/m0/s1. The predicted molar refractivity (Wildman–Crippen MR) is 64.9 cm³/mol.